The van der Waals surface area contributed by atoms with E-state index in [-0.39, 0.29) is 19.4 Å². The van der Waals surface area contributed by atoms with Gasteiger partial charge < -0.3 is 19.3 Å². The van der Waals surface area contributed by atoms with E-state index in [0.717, 1.165) is 96.3 Å². The van der Waals surface area contributed by atoms with E-state index in [0.29, 0.717) is 12.8 Å². The van der Waals surface area contributed by atoms with Crippen LogP contribution in [0.2, 0.25) is 0 Å². The molecule has 52 heavy (non-hydrogen) atoms. The Morgan fingerprint density at radius 2 is 0.923 bits per heavy atom. The molecule has 298 valence electrons. The first-order valence-corrected chi connectivity index (χ1v) is 21.8. The van der Waals surface area contributed by atoms with Crippen molar-refractivity contribution < 1.29 is 37.9 Å². The monoisotopic (exact) mass is 749 g/mol. The van der Waals surface area contributed by atoms with Crippen molar-refractivity contribution in [2.24, 2.45) is 0 Å². The molecule has 9 heteroatoms. The van der Waals surface area contributed by atoms with Crippen LogP contribution in [-0.4, -0.2) is 41.0 Å². The maximum absolute atomic E-state index is 12.4. The van der Waals surface area contributed by atoms with E-state index in [2.05, 4.69) is 91.3 Å². The van der Waals surface area contributed by atoms with E-state index in [1.807, 2.05) is 0 Å². The quantitative estimate of drug-likeness (QED) is 0.0281. The highest BCUT2D eigenvalue weighted by Crippen LogP contribution is 2.36. The Morgan fingerprint density at radius 3 is 1.38 bits per heavy atom. The second-order valence-electron chi connectivity index (χ2n) is 13.2. The molecule has 0 aromatic carbocycles. The first-order valence-electron chi connectivity index (χ1n) is 20.2. The van der Waals surface area contributed by atoms with Gasteiger partial charge in [-0.2, -0.15) is 0 Å². The fourth-order valence-electron chi connectivity index (χ4n) is 5.22. The van der Waals surface area contributed by atoms with Gasteiger partial charge in [0.05, 0.1) is 6.61 Å². The predicted molar refractivity (Wildman–Crippen MR) is 216 cm³/mol. The van der Waals surface area contributed by atoms with Crippen molar-refractivity contribution in [2.75, 3.05) is 13.2 Å². The van der Waals surface area contributed by atoms with Crippen LogP contribution in [0.4, 0.5) is 0 Å². The molecule has 0 bridgehead atoms. The highest BCUT2D eigenvalue weighted by Gasteiger charge is 2.22. The third-order valence-electron chi connectivity index (χ3n) is 8.19. The zero-order valence-electron chi connectivity index (χ0n) is 32.7. The second-order valence-corrected chi connectivity index (χ2v) is 14.5. The SMILES string of the molecule is CC/C=C\C/C=C\C/C=C\C/C=C\CCCCCCCCCCC(=O)OC(COC(=O)CCCCCCC/C=C\C/C=C\CCC)COP(=O)(O)O. The van der Waals surface area contributed by atoms with E-state index in [1.54, 1.807) is 0 Å². The Balaban J connectivity index is 3.96. The summed E-state index contributed by atoms with van der Waals surface area (Å²) in [6.45, 7) is 3.48. The lowest BCUT2D eigenvalue weighted by atomic mass is 10.1. The van der Waals surface area contributed by atoms with Crippen molar-refractivity contribution in [3.05, 3.63) is 72.9 Å². The van der Waals surface area contributed by atoms with Crippen LogP contribution in [0.1, 0.15) is 168 Å². The molecule has 0 aromatic rings. The first-order chi connectivity index (χ1) is 25.3. The molecule has 0 aromatic heterocycles. The third kappa shape index (κ3) is 40.3. The summed E-state index contributed by atoms with van der Waals surface area (Å²) < 4.78 is 26.3. The molecule has 0 radical (unpaired) electrons. The van der Waals surface area contributed by atoms with Gasteiger partial charge in [-0.1, -0.05) is 151 Å². The normalized spacial score (nSPS) is 13.2. The smallest absolute Gasteiger partial charge is 0.462 e. The highest BCUT2D eigenvalue weighted by molar-refractivity contribution is 7.46. The maximum atomic E-state index is 12.4. The van der Waals surface area contributed by atoms with Gasteiger partial charge in [0.2, 0.25) is 0 Å². The van der Waals surface area contributed by atoms with Crippen molar-refractivity contribution in [3.8, 4) is 0 Å². The molecule has 0 saturated heterocycles. The number of phosphoric ester groups is 1. The lowest BCUT2D eigenvalue weighted by Gasteiger charge is -2.18. The van der Waals surface area contributed by atoms with Crippen LogP contribution >= 0.6 is 7.82 Å². The summed E-state index contributed by atoms with van der Waals surface area (Å²) in [6.07, 6.45) is 49.0. The third-order valence-corrected chi connectivity index (χ3v) is 8.68. The summed E-state index contributed by atoms with van der Waals surface area (Å²) >= 11 is 0. The molecule has 1 unspecified atom stereocenters. The van der Waals surface area contributed by atoms with E-state index in [9.17, 15) is 14.2 Å². The fraction of sp³-hybridized carbons (Fsp3) is 0.674. The molecule has 0 aliphatic rings. The highest BCUT2D eigenvalue weighted by atomic mass is 31.2. The summed E-state index contributed by atoms with van der Waals surface area (Å²) in [4.78, 5) is 42.8. The van der Waals surface area contributed by atoms with E-state index >= 15 is 0 Å². The zero-order valence-corrected chi connectivity index (χ0v) is 33.6. The summed E-state index contributed by atoms with van der Waals surface area (Å²) in [5, 5.41) is 0. The van der Waals surface area contributed by atoms with Gasteiger partial charge >= 0.3 is 19.8 Å². The molecule has 0 saturated carbocycles. The summed E-state index contributed by atoms with van der Waals surface area (Å²) in [7, 11) is -4.76. The summed E-state index contributed by atoms with van der Waals surface area (Å²) in [5.74, 6) is -0.917. The van der Waals surface area contributed by atoms with Gasteiger partial charge in [0, 0.05) is 12.8 Å². The van der Waals surface area contributed by atoms with Crippen LogP contribution in [0.15, 0.2) is 72.9 Å². The Morgan fingerprint density at radius 1 is 0.519 bits per heavy atom. The minimum Gasteiger partial charge on any atom is -0.462 e. The fourth-order valence-corrected chi connectivity index (χ4v) is 5.58. The van der Waals surface area contributed by atoms with Gasteiger partial charge in [-0.25, -0.2) is 4.57 Å². The largest absolute Gasteiger partial charge is 0.469 e. The number of hydrogen-bond acceptors (Lipinski definition) is 6. The number of esters is 2. The van der Waals surface area contributed by atoms with Crippen LogP contribution < -0.4 is 0 Å². The molecule has 8 nitrogen and oxygen atoms in total. The van der Waals surface area contributed by atoms with Gasteiger partial charge in [0.15, 0.2) is 6.10 Å². The number of ether oxygens (including phenoxy) is 2. The lowest BCUT2D eigenvalue weighted by Crippen LogP contribution is -2.29. The second kappa shape index (κ2) is 38.2. The van der Waals surface area contributed by atoms with Gasteiger partial charge in [-0.3, -0.25) is 14.1 Å². The van der Waals surface area contributed by atoms with Gasteiger partial charge in [-0.15, -0.1) is 0 Å². The number of carbonyl (C=O) groups excluding carboxylic acids is 2. The average molecular weight is 749 g/mol. The molecule has 1 atom stereocenters. The average Bonchev–Trinajstić information content (AvgIpc) is 3.11. The van der Waals surface area contributed by atoms with Gasteiger partial charge in [0.1, 0.15) is 6.61 Å². The molecule has 0 fully saturated rings. The standard InChI is InChI=1S/C43H73O8P/c1-3-5-7-9-11-13-15-17-18-19-20-21-22-23-24-26-28-30-32-34-36-38-43(45)51-41(40-50-52(46,47)48)39-49-42(44)37-35-33-31-29-27-25-16-14-12-10-8-6-4-2/h5,7-8,10-11,13-14,16-18,20-21,41H,3-4,6,9,12,15,19,22-40H2,1-2H3,(H2,46,47,48)/b7-5-,10-8-,13-11-,16-14-,18-17-,21-20-. The van der Waals surface area contributed by atoms with Crippen molar-refractivity contribution >= 4 is 19.8 Å². The number of allylic oxidation sites excluding steroid dienone is 12. The van der Waals surface area contributed by atoms with E-state index in [1.165, 1.54) is 32.1 Å². The number of unbranched alkanes of at least 4 members (excludes halogenated alkanes) is 14. The van der Waals surface area contributed by atoms with Crippen LogP contribution in [0.5, 0.6) is 0 Å². The van der Waals surface area contributed by atoms with Crippen LogP contribution in [0, 0.1) is 0 Å². The Hall–Kier alpha value is -2.51. The molecule has 0 heterocycles. The maximum Gasteiger partial charge on any atom is 0.469 e. The minimum absolute atomic E-state index is 0.195. The Kier molecular flexibility index (Phi) is 36.4. The van der Waals surface area contributed by atoms with Gasteiger partial charge in [0.25, 0.3) is 0 Å². The van der Waals surface area contributed by atoms with E-state index in [4.69, 9.17) is 19.3 Å². The van der Waals surface area contributed by atoms with Crippen LogP contribution in [-0.2, 0) is 28.2 Å². The van der Waals surface area contributed by atoms with Crippen molar-refractivity contribution in [2.45, 2.75) is 174 Å². The van der Waals surface area contributed by atoms with Crippen molar-refractivity contribution in [3.63, 3.8) is 0 Å². The Bertz CT molecular complexity index is 1070. The molecule has 0 aliphatic heterocycles. The molecule has 2 N–H and O–H groups in total. The lowest BCUT2D eigenvalue weighted by molar-refractivity contribution is -0.161. The number of hydrogen-bond donors (Lipinski definition) is 2. The molecular weight excluding hydrogens is 675 g/mol. The molecular formula is C43H73O8P. The van der Waals surface area contributed by atoms with Gasteiger partial charge in [-0.05, 0) is 77.0 Å². The topological polar surface area (TPSA) is 119 Å². The minimum atomic E-state index is -4.76. The van der Waals surface area contributed by atoms with Crippen LogP contribution in [0.3, 0.4) is 0 Å². The number of phosphoric acid groups is 1. The molecule has 0 spiro atoms. The van der Waals surface area contributed by atoms with Crippen molar-refractivity contribution in [1.29, 1.82) is 0 Å². The first kappa shape index (κ1) is 49.5. The molecule has 0 rings (SSSR count). The van der Waals surface area contributed by atoms with Crippen LogP contribution in [0.25, 0.3) is 0 Å². The zero-order chi connectivity index (χ0) is 38.2. The van der Waals surface area contributed by atoms with Crippen molar-refractivity contribution in [1.82, 2.24) is 0 Å². The summed E-state index contributed by atoms with van der Waals surface area (Å²) in [5.41, 5.74) is 0. The molecule has 0 aliphatic carbocycles. The predicted octanol–water partition coefficient (Wildman–Crippen LogP) is 12.3. The van der Waals surface area contributed by atoms with E-state index < -0.39 is 32.5 Å². The number of rotatable bonds is 36. The number of carbonyl (C=O) groups is 2. The summed E-state index contributed by atoms with van der Waals surface area (Å²) in [6, 6.07) is 0. The Labute approximate surface area is 317 Å². The molecule has 0 amide bonds.